The number of nitrogens with one attached hydrogen (secondary N) is 2. The Morgan fingerprint density at radius 1 is 0.569 bits per heavy atom. The van der Waals surface area contributed by atoms with Gasteiger partial charge in [-0.25, -0.2) is 34.8 Å². The summed E-state index contributed by atoms with van der Waals surface area (Å²) in [6.07, 6.45) is 16.7. The van der Waals surface area contributed by atoms with Crippen molar-refractivity contribution in [3.8, 4) is 0 Å². The summed E-state index contributed by atoms with van der Waals surface area (Å²) in [5.41, 5.74) is 8.67. The van der Waals surface area contributed by atoms with E-state index in [0.29, 0.717) is 11.9 Å². The summed E-state index contributed by atoms with van der Waals surface area (Å²) in [6, 6.07) is 25.0. The molecule has 0 amide bonds. The maximum Gasteiger partial charge on any atom is 0.239 e. The van der Waals surface area contributed by atoms with Gasteiger partial charge < -0.3 is 20.4 Å². The van der Waals surface area contributed by atoms with Crippen LogP contribution < -0.4 is 20.4 Å². The molecule has 0 saturated carbocycles. The highest BCUT2D eigenvalue weighted by Gasteiger charge is 2.32. The molecular weight excluding hydrogens is 635 g/mol. The highest BCUT2D eigenvalue weighted by Crippen LogP contribution is 2.38. The first-order chi connectivity index (χ1) is 25.2. The van der Waals surface area contributed by atoms with Crippen LogP contribution in [0.5, 0.6) is 0 Å². The first-order valence-electron chi connectivity index (χ1n) is 17.9. The van der Waals surface area contributed by atoms with E-state index in [1.54, 1.807) is 12.4 Å². The normalized spacial score (nSPS) is 18.2. The van der Waals surface area contributed by atoms with Crippen LogP contribution in [-0.2, 0) is 0 Å². The Morgan fingerprint density at radius 2 is 1.18 bits per heavy atom. The van der Waals surface area contributed by atoms with Crippen LogP contribution in [0, 0.1) is 0 Å². The van der Waals surface area contributed by atoms with E-state index >= 15 is 0 Å². The highest BCUT2D eigenvalue weighted by atomic mass is 15.4. The zero-order valence-corrected chi connectivity index (χ0v) is 28.4. The van der Waals surface area contributed by atoms with Crippen molar-refractivity contribution in [2.45, 2.75) is 38.5 Å². The fourth-order valence-corrected chi connectivity index (χ4v) is 7.30. The Morgan fingerprint density at radius 3 is 1.78 bits per heavy atom. The number of pyridine rings is 2. The molecule has 5 aliphatic rings. The van der Waals surface area contributed by atoms with Crippen LogP contribution in [-0.4, -0.2) is 65.0 Å². The summed E-state index contributed by atoms with van der Waals surface area (Å²) < 4.78 is 0. The zero-order valence-electron chi connectivity index (χ0n) is 28.4. The van der Waals surface area contributed by atoms with Gasteiger partial charge in [0.15, 0.2) is 0 Å². The lowest BCUT2D eigenvalue weighted by Gasteiger charge is -2.33. The van der Waals surface area contributed by atoms with E-state index in [-0.39, 0.29) is 0 Å². The van der Waals surface area contributed by atoms with Gasteiger partial charge in [0.25, 0.3) is 0 Å². The zero-order chi connectivity index (χ0) is 34.0. The molecule has 5 aliphatic heterocycles. The number of benzene rings is 2. The van der Waals surface area contributed by atoms with Crippen LogP contribution in [0.2, 0.25) is 0 Å². The standard InChI is InChI=1S/C40H39N11/c1-7-19-49(20-8-1)28-13-15-31(33(23-28)45-37-11-3-5-17-41-37)35-25-30-26-36(48-40-44-27-43-39(47-35)51(30)40)32-16-14-29(50-21-9-2-10-22-50)24-34(32)46-38-12-4-6-18-42-38/h3-6,11-18,23-27H,1-2,7-10,19-22H2,(H,41,45)(H,42,46). The maximum absolute atomic E-state index is 5.05. The topological polar surface area (TPSA) is 109 Å². The molecule has 11 nitrogen and oxygen atoms in total. The number of rotatable bonds is 8. The van der Waals surface area contributed by atoms with Gasteiger partial charge in [-0.3, -0.25) is 0 Å². The van der Waals surface area contributed by atoms with Gasteiger partial charge in [-0.1, -0.05) is 12.1 Å². The molecule has 0 atom stereocenters. The van der Waals surface area contributed by atoms with Crippen molar-refractivity contribution in [1.82, 2.24) is 14.9 Å². The van der Waals surface area contributed by atoms with Crippen LogP contribution in [0.15, 0.2) is 123 Å². The molecule has 0 spiro atoms. The van der Waals surface area contributed by atoms with Gasteiger partial charge >= 0.3 is 0 Å². The van der Waals surface area contributed by atoms with Gasteiger partial charge in [0, 0.05) is 61.1 Å². The molecule has 0 bridgehead atoms. The second-order valence-electron chi connectivity index (χ2n) is 13.3. The van der Waals surface area contributed by atoms with Crippen LogP contribution in [0.4, 0.5) is 34.4 Å². The molecule has 9 rings (SSSR count). The van der Waals surface area contributed by atoms with Gasteiger partial charge in [-0.2, -0.15) is 0 Å². The third-order valence-corrected chi connectivity index (χ3v) is 9.87. The number of hydrogen-bond acceptors (Lipinski definition) is 11. The number of aliphatic imine (C=N–C) groups is 4. The van der Waals surface area contributed by atoms with Gasteiger partial charge in [-0.05, 0) is 111 Å². The Hall–Kier alpha value is -6.10. The Balaban J connectivity index is 1.12. The molecule has 2 fully saturated rings. The lowest BCUT2D eigenvalue weighted by atomic mass is 10.0. The number of guanidine groups is 2. The van der Waals surface area contributed by atoms with Crippen molar-refractivity contribution < 1.29 is 0 Å². The summed E-state index contributed by atoms with van der Waals surface area (Å²) in [5, 5.41) is 7.18. The lowest BCUT2D eigenvalue weighted by Crippen LogP contribution is -2.40. The summed E-state index contributed by atoms with van der Waals surface area (Å²) in [7, 11) is 0. The van der Waals surface area contributed by atoms with Crippen molar-refractivity contribution in [2.75, 3.05) is 46.6 Å². The first-order valence-corrected chi connectivity index (χ1v) is 17.9. The van der Waals surface area contributed by atoms with Crippen LogP contribution in [0.3, 0.4) is 0 Å². The average molecular weight is 674 g/mol. The number of piperidine rings is 2. The molecule has 2 saturated heterocycles. The van der Waals surface area contributed by atoms with E-state index in [4.69, 9.17) is 9.98 Å². The van der Waals surface area contributed by atoms with Gasteiger partial charge in [0.1, 0.15) is 18.0 Å². The lowest BCUT2D eigenvalue weighted by molar-refractivity contribution is 0.578. The van der Waals surface area contributed by atoms with Crippen LogP contribution in [0.1, 0.15) is 49.7 Å². The average Bonchev–Trinajstić information content (AvgIpc) is 3.19. The highest BCUT2D eigenvalue weighted by molar-refractivity contribution is 6.24. The van der Waals surface area contributed by atoms with E-state index in [0.717, 1.165) is 77.4 Å². The second kappa shape index (κ2) is 13.7. The van der Waals surface area contributed by atoms with Crippen molar-refractivity contribution >= 4 is 64.1 Å². The van der Waals surface area contributed by atoms with Crippen molar-refractivity contribution in [3.63, 3.8) is 0 Å². The minimum atomic E-state index is 0.530. The van der Waals surface area contributed by atoms with E-state index in [1.807, 2.05) is 41.3 Å². The van der Waals surface area contributed by atoms with Crippen LogP contribution in [0.25, 0.3) is 5.70 Å². The summed E-state index contributed by atoms with van der Waals surface area (Å²) >= 11 is 0. The molecular formula is C40H39N11. The molecule has 51 heavy (non-hydrogen) atoms. The summed E-state index contributed by atoms with van der Waals surface area (Å²) in [5.74, 6) is 2.61. The maximum atomic E-state index is 5.05. The van der Waals surface area contributed by atoms with E-state index in [9.17, 15) is 0 Å². The SMILES string of the molecule is C1=NC2=NC(c3ccc(N4CCCCC4)cc3Nc3ccccn3)=CC3=CC(c4ccc(N5CCCCC5)cc4Nc4ccccn4)=NC(=N1)N32. The molecule has 7 heterocycles. The molecule has 0 aliphatic carbocycles. The molecule has 11 heteroatoms. The Labute approximate surface area is 297 Å². The molecule has 2 aromatic heterocycles. The largest absolute Gasteiger partial charge is 0.371 e. The van der Waals surface area contributed by atoms with Gasteiger partial charge in [0.2, 0.25) is 11.9 Å². The smallest absolute Gasteiger partial charge is 0.239 e. The molecule has 0 radical (unpaired) electrons. The number of nitrogens with zero attached hydrogens (tertiary/aromatic N) is 9. The number of hydrogen-bond donors (Lipinski definition) is 2. The Kier molecular flexibility index (Phi) is 8.28. The summed E-state index contributed by atoms with van der Waals surface area (Å²) in [6.45, 7) is 4.24. The molecule has 2 N–H and O–H groups in total. The Bertz CT molecular complexity index is 2010. The number of anilines is 6. The second-order valence-corrected chi connectivity index (χ2v) is 13.3. The molecule has 0 unspecified atom stereocenters. The molecule has 254 valence electrons. The van der Waals surface area contributed by atoms with E-state index in [1.165, 1.54) is 56.2 Å². The number of aromatic nitrogens is 2. The minimum Gasteiger partial charge on any atom is -0.371 e. The quantitative estimate of drug-likeness (QED) is 0.197. The number of allylic oxidation sites excluding steroid dienone is 2. The predicted molar refractivity (Wildman–Crippen MR) is 208 cm³/mol. The van der Waals surface area contributed by atoms with Crippen LogP contribution >= 0.6 is 0 Å². The predicted octanol–water partition coefficient (Wildman–Crippen LogP) is 7.74. The van der Waals surface area contributed by atoms with E-state index < -0.39 is 0 Å². The third-order valence-electron chi connectivity index (χ3n) is 9.87. The minimum absolute atomic E-state index is 0.530. The van der Waals surface area contributed by atoms with Crippen molar-refractivity contribution in [2.24, 2.45) is 20.0 Å². The van der Waals surface area contributed by atoms with Crippen molar-refractivity contribution in [1.29, 1.82) is 0 Å². The molecule has 4 aromatic rings. The summed E-state index contributed by atoms with van der Waals surface area (Å²) in [4.78, 5) is 35.3. The third kappa shape index (κ3) is 6.38. The fraction of sp³-hybridized carbons (Fsp3) is 0.250. The fourth-order valence-electron chi connectivity index (χ4n) is 7.30. The molecule has 2 aromatic carbocycles. The monoisotopic (exact) mass is 673 g/mol. The van der Waals surface area contributed by atoms with Gasteiger partial charge in [-0.15, -0.1) is 0 Å². The first kappa shape index (κ1) is 30.9. The van der Waals surface area contributed by atoms with Crippen molar-refractivity contribution in [3.05, 3.63) is 114 Å². The van der Waals surface area contributed by atoms with Gasteiger partial charge in [0.05, 0.1) is 28.5 Å². The van der Waals surface area contributed by atoms with E-state index in [2.05, 4.69) is 88.9 Å².